The van der Waals surface area contributed by atoms with Gasteiger partial charge < -0.3 is 21.3 Å². The predicted molar refractivity (Wildman–Crippen MR) is 136 cm³/mol. The fourth-order valence-corrected chi connectivity index (χ4v) is 4.23. The third-order valence-electron chi connectivity index (χ3n) is 5.29. The molecule has 3 aromatic rings. The molecule has 0 amide bonds. The van der Waals surface area contributed by atoms with Crippen LogP contribution in [0.1, 0.15) is 16.9 Å². The van der Waals surface area contributed by atoms with Crippen molar-refractivity contribution in [1.82, 2.24) is 19.3 Å². The molecule has 4 rings (SSSR count). The summed E-state index contributed by atoms with van der Waals surface area (Å²) >= 11 is 1.57. The molecule has 4 heterocycles. The number of hydrogen-bond acceptors (Lipinski definition) is 8. The van der Waals surface area contributed by atoms with E-state index in [1.54, 1.807) is 11.3 Å². The van der Waals surface area contributed by atoms with Gasteiger partial charge in [0.15, 0.2) is 0 Å². The minimum Gasteiger partial charge on any atom is -0.475 e. The van der Waals surface area contributed by atoms with Gasteiger partial charge in [0, 0.05) is 40.2 Å². The summed E-state index contributed by atoms with van der Waals surface area (Å²) in [5.74, 6) is -4.56. The number of aromatic nitrogens is 4. The molecule has 5 N–H and O–H groups in total. The maximum absolute atomic E-state index is 12.8. The van der Waals surface area contributed by atoms with Crippen molar-refractivity contribution in [2.24, 2.45) is 5.73 Å². The molecule has 0 saturated heterocycles. The van der Waals surface area contributed by atoms with Gasteiger partial charge in [-0.2, -0.15) is 40.2 Å². The Morgan fingerprint density at radius 1 is 1.07 bits per heavy atom. The molecule has 20 heteroatoms. The second-order valence-corrected chi connectivity index (χ2v) is 9.57. The average molecular weight is 647 g/mol. The molecule has 0 unspecified atom stereocenters. The molecule has 0 saturated carbocycles. The Labute approximate surface area is 239 Å². The van der Waals surface area contributed by atoms with Gasteiger partial charge in [0.2, 0.25) is 0 Å². The molecular weight excluding hydrogens is 624 g/mol. The number of pyridine rings is 1. The summed E-state index contributed by atoms with van der Waals surface area (Å²) in [7, 11) is 0. The van der Waals surface area contributed by atoms with Crippen molar-refractivity contribution in [3.05, 3.63) is 63.3 Å². The van der Waals surface area contributed by atoms with Crippen molar-refractivity contribution in [2.75, 3.05) is 18.4 Å². The number of aryl methyl sites for hydroxylation is 1. The van der Waals surface area contributed by atoms with Crippen molar-refractivity contribution in [2.45, 2.75) is 38.3 Å². The van der Waals surface area contributed by atoms with Gasteiger partial charge in [-0.1, -0.05) is 0 Å². The molecule has 3 aromatic heterocycles. The molecule has 0 atom stereocenters. The molecule has 43 heavy (non-hydrogen) atoms. The third-order valence-corrected chi connectivity index (χ3v) is 6.41. The van der Waals surface area contributed by atoms with E-state index in [9.17, 15) is 39.9 Å². The van der Waals surface area contributed by atoms with E-state index >= 15 is 0 Å². The maximum atomic E-state index is 12.8. The van der Waals surface area contributed by atoms with E-state index in [1.807, 2.05) is 18.3 Å². The van der Waals surface area contributed by atoms with Crippen LogP contribution in [0.5, 0.6) is 0 Å². The number of nitrogens with two attached hydrogens (primary N) is 1. The molecule has 0 spiro atoms. The molecule has 0 aromatic carbocycles. The van der Waals surface area contributed by atoms with Gasteiger partial charge in [-0.05, 0) is 36.6 Å². The number of rotatable bonds is 6. The van der Waals surface area contributed by atoms with Gasteiger partial charge in [-0.15, -0.1) is 11.3 Å². The molecule has 236 valence electrons. The highest BCUT2D eigenvalue weighted by Crippen LogP contribution is 2.31. The number of thiophene rings is 1. The standard InChI is InChI=1S/C19H20F2N6OS.2C2HF3O2/c20-17(21)14(7-22)9-27-19(28)26(11-25-27)10-15-3-4-16(29-15)13-6-12-2-1-5-23-18(12)24-8-13;2*3-2(4,5)1(6)7/h3-4,6,8,11H,1-2,5,7,9-10,22H2,(H,23,24);2*(H,6,7). The number of anilines is 1. The lowest BCUT2D eigenvalue weighted by atomic mass is 10.0. The van der Waals surface area contributed by atoms with E-state index in [4.69, 9.17) is 25.5 Å². The zero-order valence-corrected chi connectivity index (χ0v) is 22.4. The Balaban J connectivity index is 0.000000384. The molecule has 1 aliphatic rings. The topological polar surface area (TPSA) is 165 Å². The molecule has 1 aliphatic heterocycles. The van der Waals surface area contributed by atoms with Crippen LogP contribution < -0.4 is 16.7 Å². The smallest absolute Gasteiger partial charge is 0.475 e. The van der Waals surface area contributed by atoms with Crippen LogP contribution >= 0.6 is 11.3 Å². The van der Waals surface area contributed by atoms with Crippen LogP contribution in [0, 0.1) is 0 Å². The Kier molecular flexibility index (Phi) is 11.9. The largest absolute Gasteiger partial charge is 0.490 e. The van der Waals surface area contributed by atoms with Crippen LogP contribution in [0.15, 0.2) is 47.2 Å². The zero-order valence-electron chi connectivity index (χ0n) is 21.5. The fraction of sp³-hybridized carbons (Fsp3) is 0.348. The quantitative estimate of drug-likeness (QED) is 0.290. The Hall–Kier alpha value is -4.33. The summed E-state index contributed by atoms with van der Waals surface area (Å²) in [5, 5.41) is 21.5. The van der Waals surface area contributed by atoms with Gasteiger partial charge in [0.05, 0.1) is 13.1 Å². The Morgan fingerprint density at radius 2 is 1.67 bits per heavy atom. The molecule has 0 fully saturated rings. The molecule has 0 radical (unpaired) electrons. The van der Waals surface area contributed by atoms with Crippen LogP contribution in [0.2, 0.25) is 0 Å². The van der Waals surface area contributed by atoms with Gasteiger partial charge in [0.1, 0.15) is 12.1 Å². The summed E-state index contributed by atoms with van der Waals surface area (Å²) in [6, 6.07) is 6.11. The van der Waals surface area contributed by atoms with E-state index < -0.39 is 36.1 Å². The SMILES string of the molecule is NCC(Cn1ncn(Cc2ccc(-c3cnc4c(c3)CCCN4)s2)c1=O)=C(F)F.O=C(O)C(F)(F)F.O=C(O)C(F)(F)F. The average Bonchev–Trinajstić information content (AvgIpc) is 3.53. The van der Waals surface area contributed by atoms with Crippen molar-refractivity contribution in [1.29, 1.82) is 0 Å². The number of hydrogen-bond donors (Lipinski definition) is 4. The number of nitrogens with one attached hydrogen (secondary N) is 1. The predicted octanol–water partition coefficient (Wildman–Crippen LogP) is 3.95. The van der Waals surface area contributed by atoms with Gasteiger partial charge >= 0.3 is 30.0 Å². The highest BCUT2D eigenvalue weighted by Gasteiger charge is 2.38. The van der Waals surface area contributed by atoms with Crippen LogP contribution in [0.3, 0.4) is 0 Å². The highest BCUT2D eigenvalue weighted by atomic mass is 32.1. The molecule has 11 nitrogen and oxygen atoms in total. The number of nitrogens with zero attached hydrogens (tertiary/aromatic N) is 4. The van der Waals surface area contributed by atoms with E-state index in [0.29, 0.717) is 6.54 Å². The van der Waals surface area contributed by atoms with Gasteiger partial charge in [-0.25, -0.2) is 24.0 Å². The van der Waals surface area contributed by atoms with Crippen LogP contribution in [-0.4, -0.2) is 66.9 Å². The first-order chi connectivity index (χ1) is 19.9. The minimum atomic E-state index is -5.08. The van der Waals surface area contributed by atoms with E-state index in [1.165, 1.54) is 16.5 Å². The molecule has 0 bridgehead atoms. The zero-order chi connectivity index (χ0) is 32.5. The van der Waals surface area contributed by atoms with Crippen molar-refractivity contribution in [3.63, 3.8) is 0 Å². The lowest BCUT2D eigenvalue weighted by molar-refractivity contribution is -0.193. The van der Waals surface area contributed by atoms with Gasteiger partial charge in [0.25, 0.3) is 6.08 Å². The van der Waals surface area contributed by atoms with Crippen LogP contribution in [-0.2, 0) is 29.1 Å². The van der Waals surface area contributed by atoms with Crippen molar-refractivity contribution in [3.8, 4) is 10.4 Å². The van der Waals surface area contributed by atoms with Crippen molar-refractivity contribution >= 4 is 29.1 Å². The maximum Gasteiger partial charge on any atom is 0.490 e. The summed E-state index contributed by atoms with van der Waals surface area (Å²) in [6.07, 6.45) is -6.73. The fourth-order valence-electron chi connectivity index (χ4n) is 3.24. The van der Waals surface area contributed by atoms with Crippen LogP contribution in [0.4, 0.5) is 40.9 Å². The monoisotopic (exact) mass is 646 g/mol. The Bertz CT molecular complexity index is 1480. The molecular formula is C23H22F8N6O5S. The summed E-state index contributed by atoms with van der Waals surface area (Å²) < 4.78 is 91.4. The lowest BCUT2D eigenvalue weighted by Crippen LogP contribution is -2.27. The number of alkyl halides is 6. The number of carboxylic acid groups (broad SMARTS) is 2. The first kappa shape index (κ1) is 34.9. The van der Waals surface area contributed by atoms with Crippen molar-refractivity contribution < 1.29 is 54.9 Å². The summed E-state index contributed by atoms with van der Waals surface area (Å²) in [5.41, 5.74) is 6.81. The summed E-state index contributed by atoms with van der Waals surface area (Å²) in [4.78, 5) is 36.8. The number of halogens is 8. The number of fused-ring (bicyclic) bond motifs is 1. The van der Waals surface area contributed by atoms with Crippen LogP contribution in [0.25, 0.3) is 10.4 Å². The number of aliphatic carboxylic acids is 2. The summed E-state index contributed by atoms with van der Waals surface area (Å²) in [6.45, 7) is 0.643. The normalized spacial score (nSPS) is 12.5. The highest BCUT2D eigenvalue weighted by molar-refractivity contribution is 7.15. The van der Waals surface area contributed by atoms with Gasteiger partial charge in [-0.3, -0.25) is 4.57 Å². The molecule has 0 aliphatic carbocycles. The second kappa shape index (κ2) is 14.7. The number of carbonyl (C=O) groups is 2. The third kappa shape index (κ3) is 10.5. The Morgan fingerprint density at radius 3 is 2.21 bits per heavy atom. The second-order valence-electron chi connectivity index (χ2n) is 8.40. The minimum absolute atomic E-state index is 0.301. The number of carboxylic acids is 2. The van der Waals surface area contributed by atoms with E-state index in [0.717, 1.165) is 45.2 Å². The van der Waals surface area contributed by atoms with E-state index in [2.05, 4.69) is 21.5 Å². The van der Waals surface area contributed by atoms with E-state index in [-0.39, 0.29) is 18.7 Å². The lowest BCUT2D eigenvalue weighted by Gasteiger charge is -2.17. The first-order valence-electron chi connectivity index (χ1n) is 11.7. The first-order valence-corrected chi connectivity index (χ1v) is 12.5.